The van der Waals surface area contributed by atoms with Crippen LogP contribution in [0, 0.1) is 29.2 Å². The molecule has 8 heteroatoms. The van der Waals surface area contributed by atoms with Crippen molar-refractivity contribution in [3.63, 3.8) is 0 Å². The van der Waals surface area contributed by atoms with Crippen molar-refractivity contribution in [2.45, 2.75) is 0 Å². The van der Waals surface area contributed by atoms with E-state index in [2.05, 4.69) is 135 Å². The first kappa shape index (κ1) is 43.3. The number of hydrogen-bond donors (Lipinski definition) is 0. The minimum absolute atomic E-state index is 0.457. The molecule has 13 rings (SSSR count). The third-order valence-electron chi connectivity index (χ3n) is 13.9. The normalized spacial score (nSPS) is 11.2. The quantitative estimate of drug-likeness (QED) is 0.141. The smallest absolute Gasteiger partial charge is 0.197 e. The maximum atomic E-state index is 9.57. The van der Waals surface area contributed by atoms with Gasteiger partial charge in [0.1, 0.15) is 0 Å². The van der Waals surface area contributed by atoms with Gasteiger partial charge in [0.15, 0.2) is 23.2 Å². The number of para-hydroxylation sites is 2. The van der Waals surface area contributed by atoms with Gasteiger partial charge in [-0.25, -0.2) is 19.8 Å². The molecule has 0 aliphatic rings. The molecule has 8 nitrogen and oxygen atoms in total. The summed E-state index contributed by atoms with van der Waals surface area (Å²) < 4.78 is 4.59. The second-order valence-corrected chi connectivity index (χ2v) is 18.1. The Labute approximate surface area is 426 Å². The van der Waals surface area contributed by atoms with Gasteiger partial charge in [-0.3, -0.25) is 0 Å². The SMILES string of the molecule is [C-]#[N+]c1cccc(-n2c3ccccc3c3cc(-c4ccc(C#N)cc4)ccc32)c1-c1c(-c2nc(-c3ccccc3)nc(-c3ccccc3)n2)cccc1-n1c2ccccc2c2cc(-c3ccc(C#N)cc3)ccc21. The summed E-state index contributed by atoms with van der Waals surface area (Å²) in [5.41, 5.74) is 15.2. The van der Waals surface area contributed by atoms with Crippen LogP contribution >= 0.6 is 0 Å². The van der Waals surface area contributed by atoms with E-state index >= 15 is 0 Å². The molecule has 0 N–H and O–H groups in total. The molecule has 0 spiro atoms. The lowest BCUT2D eigenvalue weighted by Crippen LogP contribution is -2.06. The minimum Gasteiger partial charge on any atom is -0.310 e. The van der Waals surface area contributed by atoms with E-state index < -0.39 is 0 Å². The molecule has 0 bridgehead atoms. The molecule has 0 radical (unpaired) electrons. The number of rotatable bonds is 8. The van der Waals surface area contributed by atoms with Crippen molar-refractivity contribution >= 4 is 49.3 Å². The maximum Gasteiger partial charge on any atom is 0.197 e. The molecule has 0 amide bonds. The molecule has 74 heavy (non-hydrogen) atoms. The molecule has 0 unspecified atom stereocenters. The Morgan fingerprint density at radius 1 is 0.351 bits per heavy atom. The molecule has 10 aromatic carbocycles. The van der Waals surface area contributed by atoms with Crippen LogP contribution in [0.25, 0.3) is 127 Å². The highest BCUT2D eigenvalue weighted by molar-refractivity contribution is 6.14. The molecule has 342 valence electrons. The maximum absolute atomic E-state index is 9.57. The molecular formula is C66H38N8. The standard InChI is InChI=1S/C66H38N8/c1-69-55-21-13-25-61(74-57-23-11-9-19-51(57)54-39-49(35-37-59(54)74)45-32-28-43(41-68)29-33-45)63(55)62-52(66-71-64(46-14-4-2-5-15-46)70-65(72-66)47-16-6-3-7-17-47)20-12-24-60(62)73-56-22-10-8-18-50(56)53-38-48(34-36-58(53)73)44-30-26-42(40-67)27-31-44/h2-39H. The molecule has 0 aliphatic heterocycles. The third-order valence-corrected chi connectivity index (χ3v) is 13.9. The summed E-state index contributed by atoms with van der Waals surface area (Å²) in [4.78, 5) is 20.1. The van der Waals surface area contributed by atoms with E-state index in [1.807, 2.05) is 121 Å². The molecule has 13 aromatic rings. The monoisotopic (exact) mass is 942 g/mol. The first-order valence-corrected chi connectivity index (χ1v) is 24.2. The highest BCUT2D eigenvalue weighted by atomic mass is 15.0. The van der Waals surface area contributed by atoms with Crippen LogP contribution in [-0.4, -0.2) is 24.1 Å². The number of hydrogen-bond acceptors (Lipinski definition) is 5. The molecule has 0 saturated heterocycles. The van der Waals surface area contributed by atoms with E-state index in [-0.39, 0.29) is 0 Å². The van der Waals surface area contributed by atoms with Crippen LogP contribution in [0.2, 0.25) is 0 Å². The zero-order valence-corrected chi connectivity index (χ0v) is 39.5. The molecule has 0 fully saturated rings. The average Bonchev–Trinajstić information content (AvgIpc) is 3.99. The molecular weight excluding hydrogens is 905 g/mol. The van der Waals surface area contributed by atoms with Crippen LogP contribution in [0.3, 0.4) is 0 Å². The molecule has 0 saturated carbocycles. The van der Waals surface area contributed by atoms with Gasteiger partial charge in [-0.05, 0) is 95.1 Å². The fraction of sp³-hybridized carbons (Fsp3) is 0. The van der Waals surface area contributed by atoms with E-state index in [4.69, 9.17) is 21.5 Å². The predicted octanol–water partition coefficient (Wildman–Crippen LogP) is 16.4. The average molecular weight is 943 g/mol. The van der Waals surface area contributed by atoms with E-state index in [1.54, 1.807) is 0 Å². The topological polar surface area (TPSA) is 100 Å². The van der Waals surface area contributed by atoms with Crippen molar-refractivity contribution in [2.75, 3.05) is 0 Å². The van der Waals surface area contributed by atoms with Gasteiger partial charge >= 0.3 is 0 Å². The van der Waals surface area contributed by atoms with Crippen molar-refractivity contribution in [1.29, 1.82) is 10.5 Å². The number of aromatic nitrogens is 5. The lowest BCUT2D eigenvalue weighted by atomic mass is 9.93. The van der Waals surface area contributed by atoms with E-state index in [0.717, 1.165) is 105 Å². The van der Waals surface area contributed by atoms with Gasteiger partial charge in [0.2, 0.25) is 0 Å². The number of nitrogens with zero attached hydrogens (tertiary/aromatic N) is 8. The van der Waals surface area contributed by atoms with Crippen LogP contribution < -0.4 is 0 Å². The molecule has 0 aliphatic carbocycles. The molecule has 3 aromatic heterocycles. The molecule has 3 heterocycles. The summed E-state index contributed by atoms with van der Waals surface area (Å²) in [6, 6.07) is 81.9. The first-order chi connectivity index (χ1) is 36.6. The summed E-state index contributed by atoms with van der Waals surface area (Å²) >= 11 is 0. The Balaban J connectivity index is 1.14. The van der Waals surface area contributed by atoms with Crippen LogP contribution in [0.1, 0.15) is 11.1 Å². The fourth-order valence-electron chi connectivity index (χ4n) is 10.5. The number of benzene rings is 10. The highest BCUT2D eigenvalue weighted by Crippen LogP contribution is 2.48. The predicted molar refractivity (Wildman–Crippen MR) is 297 cm³/mol. The van der Waals surface area contributed by atoms with Crippen LogP contribution in [-0.2, 0) is 0 Å². The summed E-state index contributed by atoms with van der Waals surface area (Å²) in [5.74, 6) is 1.51. The van der Waals surface area contributed by atoms with Crippen molar-refractivity contribution in [1.82, 2.24) is 24.1 Å². The van der Waals surface area contributed by atoms with Gasteiger partial charge in [0.25, 0.3) is 0 Å². The second kappa shape index (κ2) is 17.9. The van der Waals surface area contributed by atoms with E-state index in [9.17, 15) is 10.5 Å². The lowest BCUT2D eigenvalue weighted by molar-refractivity contribution is 1.07. The Bertz CT molecular complexity index is 4430. The fourth-order valence-corrected chi connectivity index (χ4v) is 10.5. The van der Waals surface area contributed by atoms with Crippen LogP contribution in [0.4, 0.5) is 5.69 Å². The Hall–Kier alpha value is -10.7. The number of nitriles is 2. The van der Waals surface area contributed by atoms with Crippen molar-refractivity contribution in [3.8, 4) is 91.1 Å². The van der Waals surface area contributed by atoms with Gasteiger partial charge in [-0.15, -0.1) is 0 Å². The van der Waals surface area contributed by atoms with Crippen molar-refractivity contribution in [3.05, 3.63) is 253 Å². The zero-order chi connectivity index (χ0) is 49.7. The van der Waals surface area contributed by atoms with Crippen molar-refractivity contribution < 1.29 is 0 Å². The van der Waals surface area contributed by atoms with Crippen LogP contribution in [0.15, 0.2) is 231 Å². The van der Waals surface area contributed by atoms with Crippen molar-refractivity contribution in [2.24, 2.45) is 0 Å². The van der Waals surface area contributed by atoms with Gasteiger partial charge in [0, 0.05) is 55.0 Å². The van der Waals surface area contributed by atoms with E-state index in [1.165, 1.54) is 0 Å². The van der Waals surface area contributed by atoms with Gasteiger partial charge in [-0.1, -0.05) is 158 Å². The number of fused-ring (bicyclic) bond motifs is 6. The summed E-state index contributed by atoms with van der Waals surface area (Å²) in [5, 5.41) is 23.3. The van der Waals surface area contributed by atoms with Gasteiger partial charge < -0.3 is 9.13 Å². The van der Waals surface area contributed by atoms with Gasteiger partial charge in [-0.2, -0.15) is 10.5 Å². The lowest BCUT2D eigenvalue weighted by Gasteiger charge is -2.22. The Kier molecular flexibility index (Phi) is 10.5. The largest absolute Gasteiger partial charge is 0.310 e. The van der Waals surface area contributed by atoms with Crippen LogP contribution in [0.5, 0.6) is 0 Å². The second-order valence-electron chi connectivity index (χ2n) is 18.1. The first-order valence-electron chi connectivity index (χ1n) is 24.2. The summed E-state index contributed by atoms with van der Waals surface area (Å²) in [6.07, 6.45) is 0. The molecule has 0 atom stereocenters. The highest BCUT2D eigenvalue weighted by Gasteiger charge is 2.27. The van der Waals surface area contributed by atoms with E-state index in [0.29, 0.717) is 34.3 Å². The third kappa shape index (κ3) is 7.25. The van der Waals surface area contributed by atoms with Gasteiger partial charge in [0.05, 0.1) is 57.6 Å². The zero-order valence-electron chi connectivity index (χ0n) is 39.5. The summed E-state index contributed by atoms with van der Waals surface area (Å²) in [7, 11) is 0. The minimum atomic E-state index is 0.457. The Morgan fingerprint density at radius 3 is 1.26 bits per heavy atom. The Morgan fingerprint density at radius 2 is 0.770 bits per heavy atom. The summed E-state index contributed by atoms with van der Waals surface area (Å²) in [6.45, 7) is 8.97.